The van der Waals surface area contributed by atoms with Crippen LogP contribution in [0.1, 0.15) is 64.2 Å². The van der Waals surface area contributed by atoms with Gasteiger partial charge in [-0.2, -0.15) is 5.26 Å². The Morgan fingerprint density at radius 3 is 2.53 bits per heavy atom. The predicted molar refractivity (Wildman–Crippen MR) is 126 cm³/mol. The van der Waals surface area contributed by atoms with Crippen molar-refractivity contribution in [2.45, 2.75) is 64.2 Å². The lowest BCUT2D eigenvalue weighted by atomic mass is 9.86. The van der Waals surface area contributed by atoms with E-state index in [9.17, 15) is 9.90 Å². The zero-order valence-corrected chi connectivity index (χ0v) is 19.6. The molecule has 1 saturated carbocycles. The lowest BCUT2D eigenvalue weighted by Crippen LogP contribution is -2.39. The molecule has 0 spiro atoms. The number of carbonyl (C=O) groups excluding carboxylic acids is 1. The fourth-order valence-corrected chi connectivity index (χ4v) is 4.27. The smallest absolute Gasteiger partial charge is 0.222 e. The number of aromatic nitrogens is 1. The first-order valence-electron chi connectivity index (χ1n) is 11.7. The molecular formula is C24H39N6O2+. The Hall–Kier alpha value is -2.66. The minimum Gasteiger partial charge on any atom is -0.396 e. The first kappa shape index (κ1) is 25.6. The van der Waals surface area contributed by atoms with Crippen LogP contribution in [0.25, 0.3) is 0 Å². The Morgan fingerprint density at radius 2 is 1.88 bits per heavy atom. The van der Waals surface area contributed by atoms with Gasteiger partial charge in [0.2, 0.25) is 11.9 Å². The highest BCUT2D eigenvalue weighted by atomic mass is 16.3. The van der Waals surface area contributed by atoms with Gasteiger partial charge in [0.1, 0.15) is 7.05 Å². The molecule has 1 amide bonds. The molecule has 0 bridgehead atoms. The number of nitrogens with one attached hydrogen (secondary N) is 2. The van der Waals surface area contributed by atoms with Gasteiger partial charge in [-0.25, -0.2) is 4.57 Å². The number of aliphatic hydroxyl groups excluding tert-OH is 1. The summed E-state index contributed by atoms with van der Waals surface area (Å²) in [6, 6.07) is 3.84. The maximum Gasteiger partial charge on any atom is 0.222 e. The number of hydrogen-bond acceptors (Lipinski definition) is 4. The molecule has 0 atom stereocenters. The number of unbranched alkanes of at least 4 members (excludes halogenated alkanes) is 4. The van der Waals surface area contributed by atoms with Gasteiger partial charge >= 0.3 is 0 Å². The molecule has 2 rings (SSSR count). The summed E-state index contributed by atoms with van der Waals surface area (Å²) >= 11 is 0. The van der Waals surface area contributed by atoms with E-state index < -0.39 is 0 Å². The fourth-order valence-electron chi connectivity index (χ4n) is 4.27. The lowest BCUT2D eigenvalue weighted by Gasteiger charge is -2.31. The number of nitrogens with zero attached hydrogens (tertiary/aromatic N) is 4. The third kappa shape index (κ3) is 8.83. The molecule has 1 aliphatic rings. The van der Waals surface area contributed by atoms with E-state index >= 15 is 0 Å². The number of anilines is 1. The third-order valence-electron chi connectivity index (χ3n) is 6.23. The number of rotatable bonds is 12. The quantitative estimate of drug-likeness (QED) is 0.115. The summed E-state index contributed by atoms with van der Waals surface area (Å²) in [6.07, 6.45) is 15.7. The molecule has 1 fully saturated rings. The summed E-state index contributed by atoms with van der Waals surface area (Å²) in [6.45, 7) is 1.50. The summed E-state index contributed by atoms with van der Waals surface area (Å²) in [5.74, 6) is 0.639. The molecule has 8 heteroatoms. The number of carbonyl (C=O) groups is 1. The predicted octanol–water partition coefficient (Wildman–Crippen LogP) is 2.70. The summed E-state index contributed by atoms with van der Waals surface area (Å²) in [4.78, 5) is 18.7. The van der Waals surface area contributed by atoms with Crippen LogP contribution in [-0.4, -0.2) is 48.6 Å². The van der Waals surface area contributed by atoms with Crippen LogP contribution in [0.5, 0.6) is 0 Å². The van der Waals surface area contributed by atoms with Crippen molar-refractivity contribution in [1.29, 1.82) is 5.26 Å². The summed E-state index contributed by atoms with van der Waals surface area (Å²) < 4.78 is 1.94. The molecule has 0 aromatic carbocycles. The number of amides is 1. The van der Waals surface area contributed by atoms with Crippen molar-refractivity contribution >= 4 is 17.6 Å². The Morgan fingerprint density at radius 1 is 1.22 bits per heavy atom. The van der Waals surface area contributed by atoms with Gasteiger partial charge in [0.25, 0.3) is 0 Å². The summed E-state index contributed by atoms with van der Waals surface area (Å²) in [5, 5.41) is 24.4. The Bertz CT molecular complexity index is 766. The molecule has 32 heavy (non-hydrogen) atoms. The summed E-state index contributed by atoms with van der Waals surface area (Å²) in [5.41, 5.74) is 0.800. The molecule has 176 valence electrons. The van der Waals surface area contributed by atoms with Crippen molar-refractivity contribution in [1.82, 2.24) is 10.2 Å². The number of nitriles is 1. The van der Waals surface area contributed by atoms with Crippen LogP contribution in [0.2, 0.25) is 0 Å². The van der Waals surface area contributed by atoms with Crippen LogP contribution in [0.3, 0.4) is 0 Å². The second-order valence-electron chi connectivity index (χ2n) is 8.98. The van der Waals surface area contributed by atoms with Crippen LogP contribution >= 0.6 is 0 Å². The Balaban J connectivity index is 1.59. The van der Waals surface area contributed by atoms with Gasteiger partial charge in [0.05, 0.1) is 12.3 Å². The number of hydrogen-bond donors (Lipinski definition) is 3. The van der Waals surface area contributed by atoms with Gasteiger partial charge in [-0.1, -0.05) is 32.1 Å². The molecular weight excluding hydrogens is 404 g/mol. The van der Waals surface area contributed by atoms with Gasteiger partial charge in [0, 0.05) is 44.1 Å². The minimum absolute atomic E-state index is 0.0720. The highest BCUT2D eigenvalue weighted by Crippen LogP contribution is 2.38. The standard InChI is InChI=1S/C24H38N6O2/c1-29-16-11-21(12-17-29)28-23(27-20-25)26-15-9-5-3-4-6-10-22(32)30(2)18-24(19-31)13-7-8-14-24/h11-12,16-17,31H,3-10,13-15,18-19H2,1-2H3,(H,26,27)/p+1. The second-order valence-corrected chi connectivity index (χ2v) is 8.98. The lowest BCUT2D eigenvalue weighted by molar-refractivity contribution is -0.671. The monoisotopic (exact) mass is 443 g/mol. The van der Waals surface area contributed by atoms with Crippen LogP contribution in [0.4, 0.5) is 5.69 Å². The van der Waals surface area contributed by atoms with Crippen LogP contribution in [0.15, 0.2) is 29.5 Å². The first-order valence-corrected chi connectivity index (χ1v) is 11.7. The zero-order valence-electron chi connectivity index (χ0n) is 19.6. The van der Waals surface area contributed by atoms with Crippen molar-refractivity contribution < 1.29 is 14.5 Å². The minimum atomic E-state index is -0.0720. The maximum absolute atomic E-state index is 12.4. The molecule has 1 heterocycles. The average Bonchev–Trinajstić information content (AvgIpc) is 3.25. The zero-order chi connectivity index (χ0) is 23.2. The molecule has 0 saturated heterocycles. The molecule has 1 aromatic heterocycles. The molecule has 0 radical (unpaired) electrons. The number of aryl methyl sites for hydroxylation is 1. The number of aliphatic imine (C=N–C) groups is 1. The third-order valence-corrected chi connectivity index (χ3v) is 6.23. The Kier molecular flexibility index (Phi) is 10.9. The van der Waals surface area contributed by atoms with Crippen molar-refractivity contribution in [3.63, 3.8) is 0 Å². The number of guanidine groups is 1. The van der Waals surface area contributed by atoms with Crippen molar-refractivity contribution in [3.05, 3.63) is 24.5 Å². The topological polar surface area (TPSA) is 105 Å². The number of pyridine rings is 1. The van der Waals surface area contributed by atoms with Crippen LogP contribution < -0.4 is 15.2 Å². The van der Waals surface area contributed by atoms with Gasteiger partial charge in [-0.15, -0.1) is 0 Å². The Labute approximate surface area is 192 Å². The van der Waals surface area contributed by atoms with E-state index in [0.717, 1.165) is 63.5 Å². The number of aliphatic hydroxyl groups is 1. The highest BCUT2D eigenvalue weighted by Gasteiger charge is 2.35. The highest BCUT2D eigenvalue weighted by molar-refractivity contribution is 5.94. The average molecular weight is 444 g/mol. The largest absolute Gasteiger partial charge is 0.396 e. The first-order chi connectivity index (χ1) is 15.5. The van der Waals surface area contributed by atoms with Crippen molar-refractivity contribution in [2.24, 2.45) is 17.5 Å². The molecule has 1 aliphatic carbocycles. The molecule has 3 N–H and O–H groups in total. The van der Waals surface area contributed by atoms with E-state index in [1.54, 1.807) is 0 Å². The van der Waals surface area contributed by atoms with Gasteiger partial charge in [-0.3, -0.25) is 15.1 Å². The van der Waals surface area contributed by atoms with E-state index in [1.807, 2.05) is 54.3 Å². The van der Waals surface area contributed by atoms with Crippen molar-refractivity contribution in [2.75, 3.05) is 32.1 Å². The van der Waals surface area contributed by atoms with E-state index in [0.29, 0.717) is 25.5 Å². The molecule has 0 unspecified atom stereocenters. The van der Waals surface area contributed by atoms with Crippen LogP contribution in [-0.2, 0) is 11.8 Å². The van der Waals surface area contributed by atoms with Gasteiger partial charge in [0.15, 0.2) is 18.6 Å². The second kappa shape index (κ2) is 13.7. The summed E-state index contributed by atoms with van der Waals surface area (Å²) in [7, 11) is 3.82. The van der Waals surface area contributed by atoms with Crippen LogP contribution in [0, 0.1) is 16.9 Å². The van der Waals surface area contributed by atoms with E-state index in [-0.39, 0.29) is 17.9 Å². The maximum atomic E-state index is 12.4. The van der Waals surface area contributed by atoms with Crippen molar-refractivity contribution in [3.8, 4) is 6.19 Å². The van der Waals surface area contributed by atoms with E-state index in [4.69, 9.17) is 5.26 Å². The fraction of sp³-hybridized carbons (Fsp3) is 0.667. The molecule has 0 aliphatic heterocycles. The normalized spacial score (nSPS) is 15.2. The molecule has 1 aromatic rings. The molecule has 8 nitrogen and oxygen atoms in total. The van der Waals surface area contributed by atoms with Gasteiger partial charge < -0.3 is 15.3 Å². The van der Waals surface area contributed by atoms with Gasteiger partial charge in [-0.05, 0) is 25.7 Å². The van der Waals surface area contributed by atoms with E-state index in [2.05, 4.69) is 15.6 Å². The van der Waals surface area contributed by atoms with E-state index in [1.165, 1.54) is 0 Å². The SMILES string of the molecule is CN(CC1(CO)CCCC1)C(=O)CCCCCCCN=C(NC#N)Nc1cc[n+](C)cc1.